The molecule has 0 spiro atoms. The molecule has 9 heteroatoms. The summed E-state index contributed by atoms with van der Waals surface area (Å²) in [6.45, 7) is 2.23. The van der Waals surface area contributed by atoms with Gasteiger partial charge in [-0.15, -0.1) is 0 Å². The summed E-state index contributed by atoms with van der Waals surface area (Å²) in [6, 6.07) is 12.9. The minimum Gasteiger partial charge on any atom is -0.493 e. The molecule has 5 rings (SSSR count). The molecule has 1 atom stereocenters. The van der Waals surface area contributed by atoms with Crippen molar-refractivity contribution < 1.29 is 14.3 Å². The summed E-state index contributed by atoms with van der Waals surface area (Å²) in [5.41, 5.74) is 2.50. The Morgan fingerprint density at radius 1 is 1.06 bits per heavy atom. The Bertz CT molecular complexity index is 1570. The number of methoxy groups -OCH3 is 2. The highest BCUT2D eigenvalue weighted by atomic mass is 35.5. The van der Waals surface area contributed by atoms with E-state index in [0.29, 0.717) is 49.8 Å². The lowest BCUT2D eigenvalue weighted by molar-refractivity contribution is -0.113. The number of benzene rings is 2. The maximum Gasteiger partial charge on any atom is 0.284 e. The highest BCUT2D eigenvalue weighted by Gasteiger charge is 2.33. The second-order valence-corrected chi connectivity index (χ2v) is 9.50. The van der Waals surface area contributed by atoms with Crippen LogP contribution >= 0.6 is 23.4 Å². The number of dihydropyridines is 1. The quantitative estimate of drug-likeness (QED) is 0.415. The number of hydrogen-bond acceptors (Lipinski definition) is 6. The maximum atomic E-state index is 13.4. The number of aromatic nitrogens is 2. The van der Waals surface area contributed by atoms with E-state index >= 15 is 0 Å². The molecule has 1 aliphatic heterocycles. The third-order valence-electron chi connectivity index (χ3n) is 6.06. The number of aliphatic imine (C=N–C) groups is 1. The smallest absolute Gasteiger partial charge is 0.284 e. The lowest BCUT2D eigenvalue weighted by atomic mass is 9.84. The van der Waals surface area contributed by atoms with Gasteiger partial charge in [-0.3, -0.25) is 14.2 Å². The molecule has 7 nitrogen and oxygen atoms in total. The van der Waals surface area contributed by atoms with Gasteiger partial charge in [-0.2, -0.15) is 0 Å². The molecule has 36 heavy (non-hydrogen) atoms. The molecule has 1 unspecified atom stereocenters. The first-order valence-corrected chi connectivity index (χ1v) is 12.5. The zero-order valence-electron chi connectivity index (χ0n) is 19.8. The first-order valence-electron chi connectivity index (χ1n) is 11.3. The van der Waals surface area contributed by atoms with Gasteiger partial charge < -0.3 is 9.47 Å². The van der Waals surface area contributed by atoms with Crippen molar-refractivity contribution in [2.45, 2.75) is 18.6 Å². The van der Waals surface area contributed by atoms with Crippen LogP contribution in [0.4, 0.5) is 0 Å². The molecule has 182 valence electrons. The van der Waals surface area contributed by atoms with Crippen LogP contribution < -0.4 is 15.0 Å². The van der Waals surface area contributed by atoms with Gasteiger partial charge >= 0.3 is 0 Å². The average Bonchev–Trinajstić information content (AvgIpc) is 2.89. The summed E-state index contributed by atoms with van der Waals surface area (Å²) >= 11 is 7.49. The number of ether oxygens (including phenoxy) is 2. The topological polar surface area (TPSA) is 82.8 Å². The SMILES string of the molecule is CCn1c(SC2=C(c3ccccc3)C3C=C(Cl)C=CC3=NC2=O)nc2cc(OC)c(OC)cc2c1=O. The molecular formula is C27H22ClN3O4S. The van der Waals surface area contributed by atoms with Crippen molar-refractivity contribution in [2.75, 3.05) is 14.2 Å². The van der Waals surface area contributed by atoms with E-state index in [4.69, 9.17) is 26.1 Å². The van der Waals surface area contributed by atoms with Crippen molar-refractivity contribution in [3.05, 3.63) is 86.5 Å². The highest BCUT2D eigenvalue weighted by molar-refractivity contribution is 8.04. The Labute approximate surface area is 216 Å². The van der Waals surface area contributed by atoms with Gasteiger partial charge in [0.15, 0.2) is 16.7 Å². The predicted octanol–water partition coefficient (Wildman–Crippen LogP) is 5.23. The van der Waals surface area contributed by atoms with Crippen LogP contribution in [-0.2, 0) is 11.3 Å². The number of allylic oxidation sites excluding steroid dienone is 5. The summed E-state index contributed by atoms with van der Waals surface area (Å²) < 4.78 is 12.3. The fourth-order valence-corrected chi connectivity index (χ4v) is 5.66. The molecule has 0 bridgehead atoms. The van der Waals surface area contributed by atoms with Crippen LogP contribution in [0.3, 0.4) is 0 Å². The van der Waals surface area contributed by atoms with E-state index in [2.05, 4.69) is 4.99 Å². The zero-order chi connectivity index (χ0) is 25.4. The average molecular weight is 520 g/mol. The van der Waals surface area contributed by atoms with Gasteiger partial charge in [0.1, 0.15) is 0 Å². The van der Waals surface area contributed by atoms with Crippen molar-refractivity contribution in [1.29, 1.82) is 0 Å². The third-order valence-corrected chi connectivity index (χ3v) is 7.40. The second kappa shape index (κ2) is 9.79. The van der Waals surface area contributed by atoms with Gasteiger partial charge in [0.25, 0.3) is 11.5 Å². The van der Waals surface area contributed by atoms with E-state index in [1.165, 1.54) is 14.2 Å². The number of halogens is 1. The number of fused-ring (bicyclic) bond motifs is 2. The van der Waals surface area contributed by atoms with Crippen LogP contribution in [0.2, 0.25) is 0 Å². The zero-order valence-corrected chi connectivity index (χ0v) is 21.4. The molecule has 3 aromatic rings. The summed E-state index contributed by atoms with van der Waals surface area (Å²) in [7, 11) is 3.04. The Morgan fingerprint density at radius 2 is 1.78 bits per heavy atom. The molecule has 2 aromatic carbocycles. The third kappa shape index (κ3) is 4.16. The lowest BCUT2D eigenvalue weighted by Crippen LogP contribution is -2.25. The normalized spacial score (nSPS) is 17.1. The molecule has 0 N–H and O–H groups in total. The number of carbonyl (C=O) groups excluding carboxylic acids is 1. The monoisotopic (exact) mass is 519 g/mol. The molecule has 2 heterocycles. The first kappa shape index (κ1) is 24.1. The molecule has 1 aliphatic carbocycles. The van der Waals surface area contributed by atoms with Gasteiger partial charge in [0.2, 0.25) is 0 Å². The van der Waals surface area contributed by atoms with Gasteiger partial charge in [-0.1, -0.05) is 48.0 Å². The fraction of sp³-hybridized carbons (Fsp3) is 0.185. The van der Waals surface area contributed by atoms with E-state index in [1.54, 1.807) is 28.9 Å². The second-order valence-electron chi connectivity index (χ2n) is 8.08. The molecule has 0 radical (unpaired) electrons. The molecule has 0 saturated carbocycles. The molecule has 0 fully saturated rings. The lowest BCUT2D eigenvalue weighted by Gasteiger charge is -2.27. The van der Waals surface area contributed by atoms with Crippen molar-refractivity contribution >= 4 is 51.5 Å². The van der Waals surface area contributed by atoms with Crippen molar-refractivity contribution in [2.24, 2.45) is 10.9 Å². The molecule has 1 aromatic heterocycles. The number of carbonyl (C=O) groups is 1. The Hall–Kier alpha value is -3.62. The van der Waals surface area contributed by atoms with E-state index in [1.807, 2.05) is 43.3 Å². The van der Waals surface area contributed by atoms with Crippen LogP contribution in [0.25, 0.3) is 16.5 Å². The summed E-state index contributed by atoms with van der Waals surface area (Å²) in [6.07, 6.45) is 5.38. The molecule has 2 aliphatic rings. The van der Waals surface area contributed by atoms with Crippen LogP contribution in [0, 0.1) is 5.92 Å². The van der Waals surface area contributed by atoms with Crippen LogP contribution in [0.5, 0.6) is 11.5 Å². The van der Waals surface area contributed by atoms with Crippen LogP contribution in [0.1, 0.15) is 12.5 Å². The number of nitrogens with zero attached hydrogens (tertiary/aromatic N) is 3. The van der Waals surface area contributed by atoms with E-state index in [9.17, 15) is 9.59 Å². The van der Waals surface area contributed by atoms with Crippen molar-refractivity contribution in [1.82, 2.24) is 9.55 Å². The van der Waals surface area contributed by atoms with Gasteiger partial charge in [0, 0.05) is 23.6 Å². The summed E-state index contributed by atoms with van der Waals surface area (Å²) in [5.74, 6) is 0.226. The standard InChI is InChI=1S/C27H22ClN3O4S/c1-4-31-26(33)18-13-21(34-2)22(35-3)14-20(18)30-27(31)36-24-23(15-8-6-5-7-9-15)17-12-16(28)10-11-19(17)29-25(24)32/h5-14,17H,4H2,1-3H3. The largest absolute Gasteiger partial charge is 0.493 e. The number of amides is 1. The summed E-state index contributed by atoms with van der Waals surface area (Å²) in [4.78, 5) is 36.3. The minimum absolute atomic E-state index is 0.233. The maximum absolute atomic E-state index is 13.4. The summed E-state index contributed by atoms with van der Waals surface area (Å²) in [5, 5.41) is 1.36. The predicted molar refractivity (Wildman–Crippen MR) is 143 cm³/mol. The molecule has 0 saturated heterocycles. The number of rotatable bonds is 6. The van der Waals surface area contributed by atoms with Crippen LogP contribution in [-0.4, -0.2) is 35.4 Å². The molecular weight excluding hydrogens is 498 g/mol. The van der Waals surface area contributed by atoms with Gasteiger partial charge in [0.05, 0.1) is 35.7 Å². The van der Waals surface area contributed by atoms with Gasteiger partial charge in [-0.05, 0) is 48.0 Å². The number of hydrogen-bond donors (Lipinski definition) is 0. The van der Waals surface area contributed by atoms with Gasteiger partial charge in [-0.25, -0.2) is 9.98 Å². The van der Waals surface area contributed by atoms with Crippen molar-refractivity contribution in [3.8, 4) is 11.5 Å². The Morgan fingerprint density at radius 3 is 2.47 bits per heavy atom. The van der Waals surface area contributed by atoms with E-state index in [-0.39, 0.29) is 17.4 Å². The fourth-order valence-electron chi connectivity index (χ4n) is 4.33. The van der Waals surface area contributed by atoms with E-state index in [0.717, 1.165) is 22.9 Å². The number of thioether (sulfide) groups is 1. The van der Waals surface area contributed by atoms with Crippen LogP contribution in [0.15, 0.2) is 85.6 Å². The Kier molecular flexibility index (Phi) is 6.55. The minimum atomic E-state index is -0.384. The Balaban J connectivity index is 1.72. The van der Waals surface area contributed by atoms with E-state index < -0.39 is 0 Å². The molecule has 1 amide bonds. The highest BCUT2D eigenvalue weighted by Crippen LogP contribution is 2.43. The van der Waals surface area contributed by atoms with Crippen molar-refractivity contribution in [3.63, 3.8) is 0 Å². The first-order chi connectivity index (χ1) is 17.4.